The molecular formula is C19H24N2O2. The average molecular weight is 312 g/mol. The summed E-state index contributed by atoms with van der Waals surface area (Å²) in [5.41, 5.74) is 5.22. The van der Waals surface area contributed by atoms with Crippen LogP contribution < -0.4 is 20.1 Å². The summed E-state index contributed by atoms with van der Waals surface area (Å²) >= 11 is 0. The molecule has 122 valence electrons. The van der Waals surface area contributed by atoms with Gasteiger partial charge in [0.2, 0.25) is 0 Å². The van der Waals surface area contributed by atoms with Crippen molar-refractivity contribution in [2.45, 2.75) is 18.9 Å². The molecule has 2 aromatic rings. The van der Waals surface area contributed by atoms with Gasteiger partial charge in [-0.05, 0) is 60.3 Å². The summed E-state index contributed by atoms with van der Waals surface area (Å²) in [7, 11) is 5.30. The Bertz CT molecular complexity index is 685. The first-order valence-electron chi connectivity index (χ1n) is 8.00. The molecule has 1 aliphatic heterocycles. The van der Waals surface area contributed by atoms with Gasteiger partial charge in [-0.15, -0.1) is 0 Å². The number of ether oxygens (including phenoxy) is 2. The number of rotatable bonds is 5. The molecule has 0 aliphatic carbocycles. The summed E-state index contributed by atoms with van der Waals surface area (Å²) in [4.78, 5) is 0. The Kier molecular flexibility index (Phi) is 4.72. The van der Waals surface area contributed by atoms with E-state index >= 15 is 0 Å². The zero-order valence-electron chi connectivity index (χ0n) is 14.0. The monoisotopic (exact) mass is 312 g/mol. The van der Waals surface area contributed by atoms with Crippen molar-refractivity contribution in [3.05, 3.63) is 53.1 Å². The van der Waals surface area contributed by atoms with E-state index < -0.39 is 0 Å². The van der Waals surface area contributed by atoms with E-state index in [0.717, 1.165) is 36.6 Å². The highest BCUT2D eigenvalue weighted by atomic mass is 16.5. The third-order valence-electron chi connectivity index (χ3n) is 4.48. The van der Waals surface area contributed by atoms with Crippen molar-refractivity contribution < 1.29 is 9.47 Å². The molecule has 0 amide bonds. The summed E-state index contributed by atoms with van der Waals surface area (Å²) in [6, 6.07) is 13.1. The Morgan fingerprint density at radius 3 is 2.65 bits per heavy atom. The quantitative estimate of drug-likeness (QED) is 0.890. The maximum atomic E-state index is 5.42. The summed E-state index contributed by atoms with van der Waals surface area (Å²) in [5.74, 6) is 1.55. The number of anilines is 1. The Balaban J connectivity index is 1.87. The first-order valence-corrected chi connectivity index (χ1v) is 8.00. The molecule has 0 fully saturated rings. The second-order valence-electron chi connectivity index (χ2n) is 5.81. The molecule has 0 radical (unpaired) electrons. The van der Waals surface area contributed by atoms with E-state index in [4.69, 9.17) is 9.47 Å². The average Bonchev–Trinajstić information content (AvgIpc) is 2.61. The summed E-state index contributed by atoms with van der Waals surface area (Å²) in [5, 5.41) is 6.87. The van der Waals surface area contributed by atoms with Crippen LogP contribution in [0.1, 0.15) is 22.7 Å². The fourth-order valence-electron chi connectivity index (χ4n) is 3.22. The number of methoxy groups -OCH3 is 2. The van der Waals surface area contributed by atoms with Gasteiger partial charge in [0.25, 0.3) is 0 Å². The van der Waals surface area contributed by atoms with Crippen LogP contribution in [0.4, 0.5) is 5.69 Å². The predicted octanol–water partition coefficient (Wildman–Crippen LogP) is 3.18. The summed E-state index contributed by atoms with van der Waals surface area (Å²) < 4.78 is 10.7. The molecule has 0 bridgehead atoms. The van der Waals surface area contributed by atoms with Crippen molar-refractivity contribution in [2.24, 2.45) is 0 Å². The first kappa shape index (κ1) is 15.7. The van der Waals surface area contributed by atoms with Crippen LogP contribution in [0.3, 0.4) is 0 Å². The summed E-state index contributed by atoms with van der Waals surface area (Å²) in [6.45, 7) is 1.02. The van der Waals surface area contributed by atoms with Gasteiger partial charge in [0.05, 0.1) is 14.2 Å². The molecule has 3 rings (SSSR count). The fraction of sp³-hybridized carbons (Fsp3) is 0.368. The zero-order valence-corrected chi connectivity index (χ0v) is 14.0. The topological polar surface area (TPSA) is 42.5 Å². The van der Waals surface area contributed by atoms with E-state index in [9.17, 15) is 0 Å². The van der Waals surface area contributed by atoms with E-state index in [-0.39, 0.29) is 0 Å². The molecular weight excluding hydrogens is 288 g/mol. The highest BCUT2D eigenvalue weighted by Crippen LogP contribution is 2.32. The molecule has 2 aromatic carbocycles. The molecule has 4 heteroatoms. The zero-order chi connectivity index (χ0) is 16.2. The van der Waals surface area contributed by atoms with Crippen LogP contribution >= 0.6 is 0 Å². The lowest BCUT2D eigenvalue weighted by Gasteiger charge is -2.28. The Labute approximate surface area is 137 Å². The van der Waals surface area contributed by atoms with Crippen LogP contribution in [0.15, 0.2) is 36.4 Å². The van der Waals surface area contributed by atoms with Crippen molar-refractivity contribution in [1.82, 2.24) is 5.32 Å². The molecule has 23 heavy (non-hydrogen) atoms. The highest BCUT2D eigenvalue weighted by Gasteiger charge is 2.20. The lowest BCUT2D eigenvalue weighted by molar-refractivity contribution is 0.354. The SMILES string of the molecule is CNc1ccc2c(c1)C(Cc1ccc(OC)c(OC)c1)NCC2. The summed E-state index contributed by atoms with van der Waals surface area (Å²) in [6.07, 6.45) is 2.02. The van der Waals surface area contributed by atoms with E-state index in [1.807, 2.05) is 13.1 Å². The standard InChI is InChI=1S/C19H24N2O2/c1-20-15-6-5-14-8-9-21-17(16(14)12-15)10-13-4-7-18(22-2)19(11-13)23-3/h4-7,11-12,17,20-21H,8-10H2,1-3H3. The number of nitrogens with one attached hydrogen (secondary N) is 2. The van der Waals surface area contributed by atoms with Crippen LogP contribution in [-0.2, 0) is 12.8 Å². The van der Waals surface area contributed by atoms with E-state index in [0.29, 0.717) is 6.04 Å². The molecule has 4 nitrogen and oxygen atoms in total. The van der Waals surface area contributed by atoms with Crippen molar-refractivity contribution >= 4 is 5.69 Å². The number of hydrogen-bond acceptors (Lipinski definition) is 4. The Morgan fingerprint density at radius 2 is 1.91 bits per heavy atom. The van der Waals surface area contributed by atoms with Crippen molar-refractivity contribution in [3.8, 4) is 11.5 Å². The second-order valence-corrected chi connectivity index (χ2v) is 5.81. The molecule has 0 aromatic heterocycles. The normalized spacial score (nSPS) is 16.6. The largest absolute Gasteiger partial charge is 0.493 e. The third-order valence-corrected chi connectivity index (χ3v) is 4.48. The van der Waals surface area contributed by atoms with Gasteiger partial charge in [-0.1, -0.05) is 12.1 Å². The molecule has 0 spiro atoms. The molecule has 1 atom stereocenters. The lowest BCUT2D eigenvalue weighted by atomic mass is 9.90. The van der Waals surface area contributed by atoms with Gasteiger partial charge in [0.1, 0.15) is 0 Å². The van der Waals surface area contributed by atoms with Gasteiger partial charge < -0.3 is 20.1 Å². The van der Waals surface area contributed by atoms with Crippen molar-refractivity contribution in [1.29, 1.82) is 0 Å². The van der Waals surface area contributed by atoms with Crippen LogP contribution in [0.2, 0.25) is 0 Å². The first-order chi connectivity index (χ1) is 11.2. The molecule has 1 unspecified atom stereocenters. The lowest BCUT2D eigenvalue weighted by Crippen LogP contribution is -2.31. The highest BCUT2D eigenvalue weighted by molar-refractivity contribution is 5.51. The van der Waals surface area contributed by atoms with Crippen LogP contribution in [-0.4, -0.2) is 27.8 Å². The van der Waals surface area contributed by atoms with Gasteiger partial charge in [-0.2, -0.15) is 0 Å². The molecule has 2 N–H and O–H groups in total. The minimum absolute atomic E-state index is 0.324. The van der Waals surface area contributed by atoms with Gasteiger partial charge in [0, 0.05) is 18.8 Å². The third kappa shape index (κ3) is 3.27. The maximum Gasteiger partial charge on any atom is 0.160 e. The fourth-order valence-corrected chi connectivity index (χ4v) is 3.22. The van der Waals surface area contributed by atoms with E-state index in [2.05, 4.69) is 41.0 Å². The van der Waals surface area contributed by atoms with Crippen LogP contribution in [0.5, 0.6) is 11.5 Å². The number of fused-ring (bicyclic) bond motifs is 1. The van der Waals surface area contributed by atoms with Gasteiger partial charge in [-0.25, -0.2) is 0 Å². The predicted molar refractivity (Wildman–Crippen MR) is 93.7 cm³/mol. The smallest absolute Gasteiger partial charge is 0.160 e. The van der Waals surface area contributed by atoms with Gasteiger partial charge in [0.15, 0.2) is 11.5 Å². The number of benzene rings is 2. The maximum absolute atomic E-state index is 5.42. The number of hydrogen-bond donors (Lipinski definition) is 2. The second kappa shape index (κ2) is 6.92. The van der Waals surface area contributed by atoms with Crippen molar-refractivity contribution in [3.63, 3.8) is 0 Å². The molecule has 0 saturated heterocycles. The molecule has 0 saturated carbocycles. The minimum Gasteiger partial charge on any atom is -0.493 e. The van der Waals surface area contributed by atoms with E-state index in [1.54, 1.807) is 14.2 Å². The molecule has 1 aliphatic rings. The van der Waals surface area contributed by atoms with Crippen molar-refractivity contribution in [2.75, 3.05) is 33.1 Å². The minimum atomic E-state index is 0.324. The van der Waals surface area contributed by atoms with E-state index in [1.165, 1.54) is 16.7 Å². The van der Waals surface area contributed by atoms with Crippen LogP contribution in [0, 0.1) is 0 Å². The van der Waals surface area contributed by atoms with Gasteiger partial charge in [-0.3, -0.25) is 0 Å². The van der Waals surface area contributed by atoms with Crippen LogP contribution in [0.25, 0.3) is 0 Å². The Morgan fingerprint density at radius 1 is 1.09 bits per heavy atom. The Hall–Kier alpha value is -2.20. The van der Waals surface area contributed by atoms with Gasteiger partial charge >= 0.3 is 0 Å². The molecule has 1 heterocycles.